The van der Waals surface area contributed by atoms with Crippen LogP contribution < -0.4 is 10.2 Å². The van der Waals surface area contributed by atoms with E-state index in [1.54, 1.807) is 0 Å². The van der Waals surface area contributed by atoms with Gasteiger partial charge in [-0.1, -0.05) is 45.9 Å². The molecule has 9 heteroatoms. The van der Waals surface area contributed by atoms with E-state index in [4.69, 9.17) is 4.74 Å². The van der Waals surface area contributed by atoms with Gasteiger partial charge in [-0.3, -0.25) is 9.89 Å². The quantitative estimate of drug-likeness (QED) is 0.507. The predicted molar refractivity (Wildman–Crippen MR) is 123 cm³/mol. The molecule has 30 heavy (non-hydrogen) atoms. The second kappa shape index (κ2) is 9.63. The number of hydrogen-bond donors (Lipinski definition) is 2. The number of carbonyl (C=O) groups is 1. The van der Waals surface area contributed by atoms with Crippen molar-refractivity contribution in [2.45, 2.75) is 17.3 Å². The van der Waals surface area contributed by atoms with Crippen LogP contribution in [0.3, 0.4) is 0 Å². The molecule has 1 amide bonds. The molecular formula is C21H22BrN5O2S. The van der Waals surface area contributed by atoms with Gasteiger partial charge >= 0.3 is 0 Å². The molecule has 7 nitrogen and oxygen atoms in total. The van der Waals surface area contributed by atoms with E-state index in [9.17, 15) is 4.79 Å². The van der Waals surface area contributed by atoms with Crippen LogP contribution in [0.1, 0.15) is 6.92 Å². The number of H-pyrrole nitrogens is 1. The molecule has 1 fully saturated rings. The molecule has 2 heterocycles. The van der Waals surface area contributed by atoms with Crippen LogP contribution in [0.5, 0.6) is 0 Å². The Morgan fingerprint density at radius 1 is 1.20 bits per heavy atom. The lowest BCUT2D eigenvalue weighted by Crippen LogP contribution is -2.36. The standard InChI is InChI=1S/C21H22BrN5O2S/c1-14(30-21-24-19(25-26-21)17-4-2-3-5-18(17)22)20(28)23-15-6-8-16(9-7-15)27-10-12-29-13-11-27/h2-9,14H,10-13H2,1H3,(H,23,28)(H,24,25,26)/t14-/m0/s1. The van der Waals surface area contributed by atoms with Crippen molar-refractivity contribution in [1.82, 2.24) is 15.2 Å². The first-order valence-electron chi connectivity index (χ1n) is 9.68. The number of hydrogen-bond acceptors (Lipinski definition) is 6. The zero-order valence-electron chi connectivity index (χ0n) is 16.5. The van der Waals surface area contributed by atoms with Crippen LogP contribution in [-0.4, -0.2) is 52.6 Å². The van der Waals surface area contributed by atoms with E-state index < -0.39 is 0 Å². The van der Waals surface area contributed by atoms with Crippen LogP contribution in [-0.2, 0) is 9.53 Å². The minimum absolute atomic E-state index is 0.0913. The zero-order valence-corrected chi connectivity index (χ0v) is 18.9. The molecule has 1 saturated heterocycles. The molecule has 4 rings (SSSR count). The highest BCUT2D eigenvalue weighted by Gasteiger charge is 2.18. The van der Waals surface area contributed by atoms with Crippen LogP contribution in [0.25, 0.3) is 11.4 Å². The number of nitrogens with one attached hydrogen (secondary N) is 2. The first-order chi connectivity index (χ1) is 14.6. The summed E-state index contributed by atoms with van der Waals surface area (Å²) >= 11 is 4.83. The third kappa shape index (κ3) is 5.03. The van der Waals surface area contributed by atoms with Crippen LogP contribution in [0.15, 0.2) is 58.2 Å². The summed E-state index contributed by atoms with van der Waals surface area (Å²) in [5, 5.41) is 10.3. The predicted octanol–water partition coefficient (Wildman–Crippen LogP) is 4.19. The molecular weight excluding hydrogens is 466 g/mol. The lowest BCUT2D eigenvalue weighted by Gasteiger charge is -2.28. The molecule has 0 bridgehead atoms. The monoisotopic (exact) mass is 487 g/mol. The molecule has 1 aliphatic rings. The second-order valence-corrected chi connectivity index (χ2v) is 9.00. The fourth-order valence-electron chi connectivity index (χ4n) is 3.11. The molecule has 156 valence electrons. The van der Waals surface area contributed by atoms with Crippen molar-refractivity contribution in [3.63, 3.8) is 0 Å². The summed E-state index contributed by atoms with van der Waals surface area (Å²) in [6, 6.07) is 15.7. The Bertz CT molecular complexity index is 1000. The molecule has 0 spiro atoms. The number of aromatic amines is 1. The van der Waals surface area contributed by atoms with E-state index in [2.05, 4.69) is 41.3 Å². The SMILES string of the molecule is C[C@H](Sc1n[nH]c(-c2ccccc2Br)n1)C(=O)Nc1ccc(N2CCOCC2)cc1. The van der Waals surface area contributed by atoms with E-state index in [1.165, 1.54) is 11.8 Å². The maximum Gasteiger partial charge on any atom is 0.237 e. The van der Waals surface area contributed by atoms with Gasteiger partial charge in [0.15, 0.2) is 5.82 Å². The number of ether oxygens (including phenoxy) is 1. The van der Waals surface area contributed by atoms with Crippen molar-refractivity contribution >= 4 is 45.0 Å². The van der Waals surface area contributed by atoms with Gasteiger partial charge in [0.05, 0.1) is 18.5 Å². The molecule has 0 radical (unpaired) electrons. The van der Waals surface area contributed by atoms with Gasteiger partial charge in [0.2, 0.25) is 11.1 Å². The van der Waals surface area contributed by atoms with E-state index in [0.717, 1.165) is 47.7 Å². The first-order valence-corrected chi connectivity index (χ1v) is 11.3. The smallest absolute Gasteiger partial charge is 0.237 e. The van der Waals surface area contributed by atoms with Crippen molar-refractivity contribution in [1.29, 1.82) is 0 Å². The maximum absolute atomic E-state index is 12.6. The molecule has 0 aliphatic carbocycles. The number of aromatic nitrogens is 3. The van der Waals surface area contributed by atoms with Crippen LogP contribution in [0, 0.1) is 0 Å². The molecule has 3 aromatic rings. The third-order valence-electron chi connectivity index (χ3n) is 4.76. The topological polar surface area (TPSA) is 83.1 Å². The lowest BCUT2D eigenvalue weighted by molar-refractivity contribution is -0.115. The highest BCUT2D eigenvalue weighted by molar-refractivity contribution is 9.10. The van der Waals surface area contributed by atoms with Crippen molar-refractivity contribution < 1.29 is 9.53 Å². The normalized spacial score (nSPS) is 15.1. The summed E-state index contributed by atoms with van der Waals surface area (Å²) < 4.78 is 6.32. The number of morpholine rings is 1. The van der Waals surface area contributed by atoms with Gasteiger partial charge in [0.1, 0.15) is 0 Å². The number of nitrogens with zero attached hydrogens (tertiary/aromatic N) is 3. The third-order valence-corrected chi connectivity index (χ3v) is 6.41. The number of rotatable bonds is 6. The van der Waals surface area contributed by atoms with Crippen LogP contribution in [0.2, 0.25) is 0 Å². The molecule has 2 aromatic carbocycles. The maximum atomic E-state index is 12.6. The Balaban J connectivity index is 1.34. The average molecular weight is 488 g/mol. The van der Waals surface area contributed by atoms with Crippen molar-refractivity contribution in [3.05, 3.63) is 53.0 Å². The largest absolute Gasteiger partial charge is 0.378 e. The number of carbonyl (C=O) groups excluding carboxylic acids is 1. The Morgan fingerprint density at radius 2 is 1.93 bits per heavy atom. The number of thioether (sulfide) groups is 1. The molecule has 0 saturated carbocycles. The highest BCUT2D eigenvalue weighted by atomic mass is 79.9. The zero-order chi connectivity index (χ0) is 20.9. The Morgan fingerprint density at radius 3 is 2.67 bits per heavy atom. The van der Waals surface area contributed by atoms with Crippen molar-refractivity contribution in [2.75, 3.05) is 36.5 Å². The van der Waals surface area contributed by atoms with E-state index in [1.807, 2.05) is 55.5 Å². The number of benzene rings is 2. The van der Waals surface area contributed by atoms with E-state index in [0.29, 0.717) is 11.0 Å². The Hall–Kier alpha value is -2.36. The number of anilines is 2. The summed E-state index contributed by atoms with van der Waals surface area (Å²) in [6.07, 6.45) is 0. The summed E-state index contributed by atoms with van der Waals surface area (Å²) in [5.74, 6) is 0.572. The average Bonchev–Trinajstić information content (AvgIpc) is 3.23. The lowest BCUT2D eigenvalue weighted by atomic mass is 10.2. The highest BCUT2D eigenvalue weighted by Crippen LogP contribution is 2.28. The Kier molecular flexibility index (Phi) is 6.71. The van der Waals surface area contributed by atoms with Gasteiger partial charge < -0.3 is 15.0 Å². The van der Waals surface area contributed by atoms with Gasteiger partial charge in [-0.05, 0) is 37.3 Å². The van der Waals surface area contributed by atoms with E-state index >= 15 is 0 Å². The first kappa shape index (κ1) is 20.9. The number of halogens is 1. The molecule has 1 aliphatic heterocycles. The Labute approximate surface area is 187 Å². The summed E-state index contributed by atoms with van der Waals surface area (Å²) in [7, 11) is 0. The van der Waals surface area contributed by atoms with Crippen molar-refractivity contribution in [3.8, 4) is 11.4 Å². The van der Waals surface area contributed by atoms with Gasteiger partial charge in [-0.25, -0.2) is 4.98 Å². The van der Waals surface area contributed by atoms with Crippen LogP contribution in [0.4, 0.5) is 11.4 Å². The minimum Gasteiger partial charge on any atom is -0.378 e. The number of amides is 1. The summed E-state index contributed by atoms with van der Waals surface area (Å²) in [6.45, 7) is 5.11. The van der Waals surface area contributed by atoms with Gasteiger partial charge in [-0.15, -0.1) is 5.10 Å². The van der Waals surface area contributed by atoms with Crippen molar-refractivity contribution in [2.24, 2.45) is 0 Å². The molecule has 1 atom stereocenters. The van der Waals surface area contributed by atoms with Gasteiger partial charge in [0, 0.05) is 34.5 Å². The van der Waals surface area contributed by atoms with E-state index in [-0.39, 0.29) is 11.2 Å². The minimum atomic E-state index is -0.341. The van der Waals surface area contributed by atoms with Gasteiger partial charge in [0.25, 0.3) is 0 Å². The summed E-state index contributed by atoms with van der Waals surface area (Å²) in [4.78, 5) is 19.4. The molecule has 1 aromatic heterocycles. The second-order valence-electron chi connectivity index (χ2n) is 6.84. The van der Waals surface area contributed by atoms with Gasteiger partial charge in [-0.2, -0.15) is 0 Å². The fraction of sp³-hybridized carbons (Fsp3) is 0.286. The molecule has 2 N–H and O–H groups in total. The van der Waals surface area contributed by atoms with Crippen LogP contribution >= 0.6 is 27.7 Å². The fourth-order valence-corrected chi connectivity index (χ4v) is 4.30. The summed E-state index contributed by atoms with van der Waals surface area (Å²) in [5.41, 5.74) is 2.83. The molecule has 0 unspecified atom stereocenters.